The number of aromatic nitrogens is 2. The third-order valence-corrected chi connectivity index (χ3v) is 6.34. The quantitative estimate of drug-likeness (QED) is 0.853. The minimum absolute atomic E-state index is 0.209. The molecule has 2 saturated heterocycles. The Bertz CT molecular complexity index is 790. The van der Waals surface area contributed by atoms with Crippen LogP contribution < -0.4 is 0 Å². The molecule has 8 heteroatoms. The summed E-state index contributed by atoms with van der Waals surface area (Å²) in [5.74, 6) is -0.786. The van der Waals surface area contributed by atoms with Crippen LogP contribution in [0.15, 0.2) is 6.07 Å². The van der Waals surface area contributed by atoms with E-state index in [1.807, 2.05) is 11.8 Å². The fourth-order valence-electron chi connectivity index (χ4n) is 4.60. The lowest BCUT2D eigenvalue weighted by Gasteiger charge is -2.39. The molecule has 2 amide bonds. The fraction of sp³-hybridized carbons (Fsp3) is 0.684. The maximum Gasteiger partial charge on any atom is 0.326 e. The summed E-state index contributed by atoms with van der Waals surface area (Å²) in [5.41, 5.74) is 0.929. The summed E-state index contributed by atoms with van der Waals surface area (Å²) < 4.78 is 1.51. The Morgan fingerprint density at radius 1 is 1.22 bits per heavy atom. The number of hydrogen-bond acceptors (Lipinski definition) is 4. The molecule has 1 aromatic heterocycles. The van der Waals surface area contributed by atoms with Crippen molar-refractivity contribution < 1.29 is 19.5 Å². The molecule has 0 radical (unpaired) electrons. The number of piperidine rings is 1. The Hall–Kier alpha value is -2.38. The Morgan fingerprint density at radius 3 is 2.41 bits per heavy atom. The molecule has 0 aromatic carbocycles. The summed E-state index contributed by atoms with van der Waals surface area (Å²) in [6, 6.07) is 0.877. The Kier molecular flexibility index (Phi) is 4.24. The molecule has 1 saturated carbocycles. The highest BCUT2D eigenvalue weighted by atomic mass is 16.4. The molecule has 2 aliphatic heterocycles. The van der Waals surface area contributed by atoms with Crippen molar-refractivity contribution in [3.8, 4) is 0 Å². The van der Waals surface area contributed by atoms with E-state index in [0.717, 1.165) is 31.4 Å². The molecule has 1 unspecified atom stereocenters. The van der Waals surface area contributed by atoms with E-state index in [0.29, 0.717) is 31.7 Å². The molecule has 0 bridgehead atoms. The SMILES string of the molecule is Cc1cc(C(=O)N2CC3(CCN(C(=O)C4CC4)CC3)CC2C(=O)O)n(C)n1. The zero-order chi connectivity index (χ0) is 19.3. The van der Waals surface area contributed by atoms with Gasteiger partial charge in [-0.05, 0) is 50.5 Å². The van der Waals surface area contributed by atoms with Crippen LogP contribution in [0, 0.1) is 18.3 Å². The molecule has 1 aromatic rings. The molecular formula is C19H26N4O4. The number of carboxylic acid groups (broad SMARTS) is 1. The van der Waals surface area contributed by atoms with Crippen molar-refractivity contribution in [3.05, 3.63) is 17.5 Å². The number of rotatable bonds is 3. The maximum atomic E-state index is 13.0. The van der Waals surface area contributed by atoms with Gasteiger partial charge >= 0.3 is 5.97 Å². The molecule has 8 nitrogen and oxygen atoms in total. The number of hydrogen-bond donors (Lipinski definition) is 1. The standard InChI is InChI=1S/C19H26N4O4/c1-12-9-14(21(2)20-12)17(25)23-11-19(10-15(23)18(26)27)5-7-22(8-6-19)16(24)13-3-4-13/h9,13,15H,3-8,10-11H2,1-2H3,(H,26,27). The van der Waals surface area contributed by atoms with E-state index < -0.39 is 12.0 Å². The Balaban J connectivity index is 1.50. The van der Waals surface area contributed by atoms with Gasteiger partial charge in [0.25, 0.3) is 5.91 Å². The summed E-state index contributed by atoms with van der Waals surface area (Å²) in [4.78, 5) is 40.6. The molecular weight excluding hydrogens is 348 g/mol. The Labute approximate surface area is 158 Å². The van der Waals surface area contributed by atoms with Crippen molar-refractivity contribution in [2.75, 3.05) is 19.6 Å². The van der Waals surface area contributed by atoms with Crippen molar-refractivity contribution in [1.29, 1.82) is 0 Å². The van der Waals surface area contributed by atoms with Crippen LogP contribution in [0.3, 0.4) is 0 Å². The first kappa shape index (κ1) is 18.0. The summed E-state index contributed by atoms with van der Waals surface area (Å²) in [5, 5.41) is 13.9. The van der Waals surface area contributed by atoms with Crippen LogP contribution in [0.25, 0.3) is 0 Å². The number of aryl methyl sites for hydroxylation is 2. The lowest BCUT2D eigenvalue weighted by molar-refractivity contribution is -0.141. The van der Waals surface area contributed by atoms with E-state index in [4.69, 9.17) is 0 Å². The van der Waals surface area contributed by atoms with Crippen molar-refractivity contribution in [1.82, 2.24) is 19.6 Å². The highest BCUT2D eigenvalue weighted by Crippen LogP contribution is 2.45. The van der Waals surface area contributed by atoms with E-state index in [1.165, 1.54) is 9.58 Å². The molecule has 1 aliphatic carbocycles. The van der Waals surface area contributed by atoms with Gasteiger partial charge in [0.15, 0.2) is 0 Å². The topological polar surface area (TPSA) is 95.7 Å². The third-order valence-electron chi connectivity index (χ3n) is 6.34. The van der Waals surface area contributed by atoms with Gasteiger partial charge < -0.3 is 14.9 Å². The number of carboxylic acids is 1. The van der Waals surface area contributed by atoms with E-state index in [2.05, 4.69) is 5.10 Å². The van der Waals surface area contributed by atoms with Crippen LogP contribution >= 0.6 is 0 Å². The average molecular weight is 374 g/mol. The van der Waals surface area contributed by atoms with Crippen molar-refractivity contribution in [2.24, 2.45) is 18.4 Å². The third kappa shape index (κ3) is 3.21. The zero-order valence-corrected chi connectivity index (χ0v) is 15.8. The van der Waals surface area contributed by atoms with Crippen molar-refractivity contribution in [2.45, 2.75) is 45.1 Å². The van der Waals surface area contributed by atoms with Gasteiger partial charge in [0.05, 0.1) is 5.69 Å². The minimum Gasteiger partial charge on any atom is -0.480 e. The van der Waals surface area contributed by atoms with E-state index in [1.54, 1.807) is 13.1 Å². The first-order valence-corrected chi connectivity index (χ1v) is 9.63. The van der Waals surface area contributed by atoms with Gasteiger partial charge in [0, 0.05) is 32.6 Å². The van der Waals surface area contributed by atoms with Gasteiger partial charge in [-0.3, -0.25) is 14.3 Å². The van der Waals surface area contributed by atoms with Crippen LogP contribution in [0.2, 0.25) is 0 Å². The molecule has 3 heterocycles. The molecule has 1 N–H and O–H groups in total. The van der Waals surface area contributed by atoms with Gasteiger partial charge in [0.1, 0.15) is 11.7 Å². The number of nitrogens with zero attached hydrogens (tertiary/aromatic N) is 4. The minimum atomic E-state index is -0.962. The Morgan fingerprint density at radius 2 is 1.89 bits per heavy atom. The number of aliphatic carboxylic acids is 1. The van der Waals surface area contributed by atoms with Crippen LogP contribution in [0.1, 0.15) is 48.3 Å². The predicted molar refractivity (Wildman–Crippen MR) is 96.0 cm³/mol. The summed E-state index contributed by atoms with van der Waals surface area (Å²) in [6.45, 7) is 3.56. The summed E-state index contributed by atoms with van der Waals surface area (Å²) in [7, 11) is 1.70. The molecule has 1 spiro atoms. The summed E-state index contributed by atoms with van der Waals surface area (Å²) in [6.07, 6.45) is 3.95. The van der Waals surface area contributed by atoms with Gasteiger partial charge in [0.2, 0.25) is 5.91 Å². The van der Waals surface area contributed by atoms with Gasteiger partial charge in [-0.1, -0.05) is 0 Å². The molecule has 146 valence electrons. The van der Waals surface area contributed by atoms with Crippen LogP contribution in [-0.2, 0) is 16.6 Å². The average Bonchev–Trinajstić information content (AvgIpc) is 3.33. The van der Waals surface area contributed by atoms with Gasteiger partial charge in [-0.25, -0.2) is 4.79 Å². The molecule has 1 atom stereocenters. The molecule has 3 fully saturated rings. The highest BCUT2D eigenvalue weighted by Gasteiger charge is 2.51. The van der Waals surface area contributed by atoms with Gasteiger partial charge in [-0.2, -0.15) is 5.10 Å². The van der Waals surface area contributed by atoms with Crippen LogP contribution in [0.5, 0.6) is 0 Å². The van der Waals surface area contributed by atoms with Crippen LogP contribution in [-0.4, -0.2) is 68.1 Å². The normalized spacial score (nSPS) is 24.4. The van der Waals surface area contributed by atoms with Crippen LogP contribution in [0.4, 0.5) is 0 Å². The number of carbonyl (C=O) groups excluding carboxylic acids is 2. The van der Waals surface area contributed by atoms with Crippen molar-refractivity contribution in [3.63, 3.8) is 0 Å². The second-order valence-corrected chi connectivity index (χ2v) is 8.39. The van der Waals surface area contributed by atoms with E-state index in [9.17, 15) is 19.5 Å². The maximum absolute atomic E-state index is 13.0. The molecule has 27 heavy (non-hydrogen) atoms. The van der Waals surface area contributed by atoms with Gasteiger partial charge in [-0.15, -0.1) is 0 Å². The first-order chi connectivity index (χ1) is 12.8. The molecule has 3 aliphatic rings. The monoisotopic (exact) mass is 374 g/mol. The fourth-order valence-corrected chi connectivity index (χ4v) is 4.60. The largest absolute Gasteiger partial charge is 0.480 e. The van der Waals surface area contributed by atoms with E-state index in [-0.39, 0.29) is 23.1 Å². The smallest absolute Gasteiger partial charge is 0.326 e. The lowest BCUT2D eigenvalue weighted by atomic mass is 9.76. The zero-order valence-electron chi connectivity index (χ0n) is 15.8. The highest BCUT2D eigenvalue weighted by molar-refractivity contribution is 5.95. The van der Waals surface area contributed by atoms with Crippen molar-refractivity contribution >= 4 is 17.8 Å². The predicted octanol–water partition coefficient (Wildman–Crippen LogP) is 1.05. The summed E-state index contributed by atoms with van der Waals surface area (Å²) >= 11 is 0. The first-order valence-electron chi connectivity index (χ1n) is 9.63. The number of carbonyl (C=O) groups is 3. The second-order valence-electron chi connectivity index (χ2n) is 8.39. The lowest BCUT2D eigenvalue weighted by Crippen LogP contribution is -2.45. The van der Waals surface area contributed by atoms with E-state index >= 15 is 0 Å². The second kappa shape index (κ2) is 6.35. The molecule has 4 rings (SSSR count). The number of likely N-dealkylation sites (tertiary alicyclic amines) is 2. The number of amides is 2.